The first-order chi connectivity index (χ1) is 13.2. The average Bonchev–Trinajstić information content (AvgIpc) is 2.72. The maximum atomic E-state index is 13.4. The van der Waals surface area contributed by atoms with E-state index in [1.807, 2.05) is 53.4 Å². The number of piperazine rings is 1. The number of rotatable bonds is 3. The van der Waals surface area contributed by atoms with E-state index in [1.54, 1.807) is 7.05 Å². The number of amides is 2. The van der Waals surface area contributed by atoms with Gasteiger partial charge in [0.25, 0.3) is 0 Å². The summed E-state index contributed by atoms with van der Waals surface area (Å²) in [7, 11) is 1.64. The zero-order valence-electron chi connectivity index (χ0n) is 15.4. The third-order valence-corrected chi connectivity index (χ3v) is 5.26. The van der Waals surface area contributed by atoms with E-state index >= 15 is 0 Å². The molecule has 0 radical (unpaired) electrons. The number of carbonyl (C=O) groups is 2. The first kappa shape index (κ1) is 17.5. The molecule has 1 saturated heterocycles. The fourth-order valence-corrected chi connectivity index (χ4v) is 3.77. The van der Waals surface area contributed by atoms with Crippen molar-refractivity contribution in [3.05, 3.63) is 59.7 Å². The number of nitrogens with zero attached hydrogens (tertiary/aromatic N) is 2. The molecule has 140 valence electrons. The van der Waals surface area contributed by atoms with Gasteiger partial charge in [-0.3, -0.25) is 14.5 Å². The second kappa shape index (κ2) is 7.40. The largest absolute Gasteiger partial charge is 0.457 e. The van der Waals surface area contributed by atoms with E-state index in [-0.39, 0.29) is 17.7 Å². The van der Waals surface area contributed by atoms with Crippen molar-refractivity contribution in [1.29, 1.82) is 0 Å². The minimum absolute atomic E-state index is 0.00191. The van der Waals surface area contributed by atoms with Gasteiger partial charge in [-0.1, -0.05) is 36.4 Å². The molecular weight excluding hydrogens is 342 g/mol. The summed E-state index contributed by atoms with van der Waals surface area (Å²) in [6, 6.07) is 15.5. The van der Waals surface area contributed by atoms with Crippen molar-refractivity contribution in [2.75, 3.05) is 39.8 Å². The second-order valence-corrected chi connectivity index (χ2v) is 6.89. The maximum absolute atomic E-state index is 13.4. The number of para-hydroxylation sites is 2. The van der Waals surface area contributed by atoms with E-state index in [9.17, 15) is 9.59 Å². The minimum atomic E-state index is -0.350. The molecule has 27 heavy (non-hydrogen) atoms. The highest BCUT2D eigenvalue weighted by molar-refractivity contribution is 5.89. The van der Waals surface area contributed by atoms with Crippen LogP contribution in [0.15, 0.2) is 48.5 Å². The van der Waals surface area contributed by atoms with Crippen LogP contribution >= 0.6 is 0 Å². The fourth-order valence-electron chi connectivity index (χ4n) is 3.77. The molecule has 2 aromatic carbocycles. The topological polar surface area (TPSA) is 61.9 Å². The Morgan fingerprint density at radius 2 is 1.52 bits per heavy atom. The van der Waals surface area contributed by atoms with Crippen LogP contribution in [-0.4, -0.2) is 61.4 Å². The highest BCUT2D eigenvalue weighted by Crippen LogP contribution is 2.44. The highest BCUT2D eigenvalue weighted by Gasteiger charge is 2.36. The number of nitrogens with one attached hydrogen (secondary N) is 1. The van der Waals surface area contributed by atoms with E-state index in [2.05, 4.69) is 10.2 Å². The number of fused-ring (bicyclic) bond motifs is 2. The number of hydrogen-bond acceptors (Lipinski definition) is 4. The molecule has 0 aromatic heterocycles. The zero-order valence-corrected chi connectivity index (χ0v) is 15.4. The van der Waals surface area contributed by atoms with Crippen molar-refractivity contribution < 1.29 is 14.3 Å². The van der Waals surface area contributed by atoms with Crippen LogP contribution in [0, 0.1) is 0 Å². The first-order valence-corrected chi connectivity index (χ1v) is 9.25. The predicted molar refractivity (Wildman–Crippen MR) is 102 cm³/mol. The Morgan fingerprint density at radius 1 is 0.963 bits per heavy atom. The van der Waals surface area contributed by atoms with Crippen molar-refractivity contribution in [3.63, 3.8) is 0 Å². The van der Waals surface area contributed by atoms with Gasteiger partial charge in [0.05, 0.1) is 12.5 Å². The zero-order chi connectivity index (χ0) is 18.8. The summed E-state index contributed by atoms with van der Waals surface area (Å²) in [6.07, 6.45) is 0. The molecule has 2 amide bonds. The number of likely N-dealkylation sites (N-methyl/N-ethyl adjacent to an activating group) is 1. The Balaban J connectivity index is 1.55. The number of carbonyl (C=O) groups excluding carboxylic acids is 2. The third-order valence-electron chi connectivity index (χ3n) is 5.26. The quantitative estimate of drug-likeness (QED) is 0.901. The summed E-state index contributed by atoms with van der Waals surface area (Å²) in [5, 5.41) is 2.64. The molecule has 0 atom stereocenters. The normalized spacial score (nSPS) is 16.9. The Bertz CT molecular complexity index is 814. The Kier molecular flexibility index (Phi) is 4.81. The molecule has 0 aliphatic carbocycles. The molecule has 2 aliphatic rings. The monoisotopic (exact) mass is 365 g/mol. The molecule has 4 rings (SSSR count). The first-order valence-electron chi connectivity index (χ1n) is 9.25. The van der Waals surface area contributed by atoms with Crippen molar-refractivity contribution >= 4 is 11.8 Å². The summed E-state index contributed by atoms with van der Waals surface area (Å²) in [6.45, 7) is 3.02. The number of benzene rings is 2. The lowest BCUT2D eigenvalue weighted by Gasteiger charge is -2.37. The predicted octanol–water partition coefficient (Wildman–Crippen LogP) is 1.81. The molecule has 0 bridgehead atoms. The van der Waals surface area contributed by atoms with Gasteiger partial charge in [-0.05, 0) is 12.1 Å². The third kappa shape index (κ3) is 3.40. The summed E-state index contributed by atoms with van der Waals surface area (Å²) < 4.78 is 5.99. The smallest absolute Gasteiger partial charge is 0.234 e. The van der Waals surface area contributed by atoms with Gasteiger partial charge in [0.15, 0.2) is 0 Å². The van der Waals surface area contributed by atoms with Crippen LogP contribution in [0.5, 0.6) is 11.5 Å². The lowest BCUT2D eigenvalue weighted by Crippen LogP contribution is -2.52. The number of ether oxygens (including phenoxy) is 1. The van der Waals surface area contributed by atoms with Gasteiger partial charge in [0.1, 0.15) is 11.5 Å². The molecule has 0 saturated carbocycles. The fraction of sp³-hybridized carbons (Fsp3) is 0.333. The van der Waals surface area contributed by atoms with Gasteiger partial charge < -0.3 is 15.0 Å². The van der Waals surface area contributed by atoms with Crippen molar-refractivity contribution in [2.24, 2.45) is 0 Å². The SMILES string of the molecule is CNC(=O)CN1CCN(C(=O)C2c3ccccc3Oc3ccccc32)CC1. The highest BCUT2D eigenvalue weighted by atomic mass is 16.5. The second-order valence-electron chi connectivity index (χ2n) is 6.89. The van der Waals surface area contributed by atoms with Crippen LogP contribution in [-0.2, 0) is 9.59 Å². The van der Waals surface area contributed by atoms with Crippen LogP contribution < -0.4 is 10.1 Å². The van der Waals surface area contributed by atoms with Gasteiger partial charge in [0.2, 0.25) is 11.8 Å². The van der Waals surface area contributed by atoms with Crippen molar-refractivity contribution in [2.45, 2.75) is 5.92 Å². The maximum Gasteiger partial charge on any atom is 0.234 e. The molecule has 1 N–H and O–H groups in total. The molecule has 2 aliphatic heterocycles. The van der Waals surface area contributed by atoms with Crippen molar-refractivity contribution in [1.82, 2.24) is 15.1 Å². The van der Waals surface area contributed by atoms with E-state index in [0.717, 1.165) is 22.6 Å². The number of hydrogen-bond donors (Lipinski definition) is 1. The molecule has 6 nitrogen and oxygen atoms in total. The standard InChI is InChI=1S/C21H23N3O3/c1-22-19(25)14-23-10-12-24(13-11-23)21(26)20-15-6-2-4-8-17(15)27-18-9-5-3-7-16(18)20/h2-9,20H,10-14H2,1H3,(H,22,25). The molecule has 1 fully saturated rings. The average molecular weight is 365 g/mol. The van der Waals surface area contributed by atoms with E-state index in [1.165, 1.54) is 0 Å². The van der Waals surface area contributed by atoms with Crippen molar-refractivity contribution in [3.8, 4) is 11.5 Å². The van der Waals surface area contributed by atoms with E-state index in [4.69, 9.17) is 4.74 Å². The summed E-state index contributed by atoms with van der Waals surface area (Å²) in [4.78, 5) is 29.0. The Morgan fingerprint density at radius 3 is 2.07 bits per heavy atom. The summed E-state index contributed by atoms with van der Waals surface area (Å²) in [5.41, 5.74) is 1.82. The van der Waals surface area contributed by atoms with Gasteiger partial charge in [-0.2, -0.15) is 0 Å². The van der Waals surface area contributed by atoms with Gasteiger partial charge >= 0.3 is 0 Å². The Hall–Kier alpha value is -2.86. The summed E-state index contributed by atoms with van der Waals surface area (Å²) in [5.74, 6) is 1.23. The molecule has 2 heterocycles. The minimum Gasteiger partial charge on any atom is -0.457 e. The lowest BCUT2D eigenvalue weighted by molar-refractivity contribution is -0.134. The van der Waals surface area contributed by atoms with E-state index in [0.29, 0.717) is 32.7 Å². The van der Waals surface area contributed by atoms with Crippen LogP contribution in [0.4, 0.5) is 0 Å². The van der Waals surface area contributed by atoms with Crippen LogP contribution in [0.1, 0.15) is 17.0 Å². The van der Waals surface area contributed by atoms with Crippen LogP contribution in [0.3, 0.4) is 0 Å². The summed E-state index contributed by atoms with van der Waals surface area (Å²) >= 11 is 0. The molecule has 0 unspecified atom stereocenters. The van der Waals surface area contributed by atoms with Gasteiger partial charge in [0, 0.05) is 44.4 Å². The molecule has 0 spiro atoms. The van der Waals surface area contributed by atoms with Crippen LogP contribution in [0.2, 0.25) is 0 Å². The molecular formula is C21H23N3O3. The van der Waals surface area contributed by atoms with Gasteiger partial charge in [-0.15, -0.1) is 0 Å². The Labute approximate surface area is 158 Å². The van der Waals surface area contributed by atoms with E-state index < -0.39 is 0 Å². The molecule has 6 heteroatoms. The van der Waals surface area contributed by atoms with Gasteiger partial charge in [-0.25, -0.2) is 0 Å². The van der Waals surface area contributed by atoms with Crippen LogP contribution in [0.25, 0.3) is 0 Å². The molecule has 2 aromatic rings. The lowest BCUT2D eigenvalue weighted by atomic mass is 9.86.